The van der Waals surface area contributed by atoms with Crippen LogP contribution in [0.25, 0.3) is 0 Å². The van der Waals surface area contributed by atoms with E-state index < -0.39 is 5.82 Å². The van der Waals surface area contributed by atoms with Crippen LogP contribution in [0.15, 0.2) is 12.1 Å². The monoisotopic (exact) mass is 217 g/mol. The van der Waals surface area contributed by atoms with Crippen LogP contribution in [0.5, 0.6) is 5.75 Å². The Labute approximate surface area is 87.8 Å². The normalized spacial score (nSPS) is 12.6. The van der Waals surface area contributed by atoms with Crippen LogP contribution >= 0.6 is 11.6 Å². The molecule has 2 N–H and O–H groups in total. The zero-order valence-electron chi connectivity index (χ0n) is 8.18. The van der Waals surface area contributed by atoms with Gasteiger partial charge in [0.15, 0.2) is 0 Å². The molecular formula is C10H13ClFNO. The number of benzene rings is 1. The Hall–Kier alpha value is -0.800. The number of hydrogen-bond donors (Lipinski definition) is 1. The summed E-state index contributed by atoms with van der Waals surface area (Å²) >= 11 is 5.82. The van der Waals surface area contributed by atoms with Gasteiger partial charge >= 0.3 is 0 Å². The highest BCUT2D eigenvalue weighted by Crippen LogP contribution is 2.33. The van der Waals surface area contributed by atoms with E-state index in [-0.39, 0.29) is 11.1 Å². The molecule has 0 radical (unpaired) electrons. The molecule has 0 amide bonds. The predicted octanol–water partition coefficient (Wildman–Crippen LogP) is 2.90. The lowest BCUT2D eigenvalue weighted by Gasteiger charge is -2.15. The first-order valence-electron chi connectivity index (χ1n) is 4.38. The van der Waals surface area contributed by atoms with Gasteiger partial charge < -0.3 is 10.5 Å². The first-order valence-corrected chi connectivity index (χ1v) is 4.76. The van der Waals surface area contributed by atoms with Crippen LogP contribution in [0, 0.1) is 5.82 Å². The Kier molecular flexibility index (Phi) is 3.72. The van der Waals surface area contributed by atoms with Gasteiger partial charge in [-0.3, -0.25) is 0 Å². The highest BCUT2D eigenvalue weighted by molar-refractivity contribution is 6.32. The fraction of sp³-hybridized carbons (Fsp3) is 0.400. The number of halogens is 2. The van der Waals surface area contributed by atoms with E-state index in [9.17, 15) is 4.39 Å². The summed E-state index contributed by atoms with van der Waals surface area (Å²) in [5.41, 5.74) is 6.41. The van der Waals surface area contributed by atoms with E-state index in [1.165, 1.54) is 19.2 Å². The van der Waals surface area contributed by atoms with Gasteiger partial charge in [0.25, 0.3) is 0 Å². The van der Waals surface area contributed by atoms with Gasteiger partial charge in [-0.05, 0) is 18.6 Å². The van der Waals surface area contributed by atoms with E-state index in [1.807, 2.05) is 6.92 Å². The fourth-order valence-corrected chi connectivity index (χ4v) is 1.58. The first kappa shape index (κ1) is 11.3. The maximum atomic E-state index is 13.0. The molecule has 0 fully saturated rings. The van der Waals surface area contributed by atoms with Gasteiger partial charge in [0.05, 0.1) is 12.1 Å². The van der Waals surface area contributed by atoms with Gasteiger partial charge in [0, 0.05) is 11.6 Å². The summed E-state index contributed by atoms with van der Waals surface area (Å²) in [6.45, 7) is 1.92. The maximum absolute atomic E-state index is 13.0. The minimum atomic E-state index is -0.394. The molecular weight excluding hydrogens is 205 g/mol. The third-order valence-electron chi connectivity index (χ3n) is 2.08. The molecule has 0 bridgehead atoms. The van der Waals surface area contributed by atoms with Gasteiger partial charge in [0.1, 0.15) is 11.6 Å². The van der Waals surface area contributed by atoms with Gasteiger partial charge in [-0.25, -0.2) is 4.39 Å². The molecule has 14 heavy (non-hydrogen) atoms. The van der Waals surface area contributed by atoms with E-state index in [1.54, 1.807) is 0 Å². The van der Waals surface area contributed by atoms with Crippen molar-refractivity contribution in [1.82, 2.24) is 0 Å². The van der Waals surface area contributed by atoms with Gasteiger partial charge in [-0.1, -0.05) is 18.5 Å². The lowest BCUT2D eigenvalue weighted by Crippen LogP contribution is -2.10. The molecule has 0 saturated carbocycles. The summed E-state index contributed by atoms with van der Waals surface area (Å²) < 4.78 is 18.1. The fourth-order valence-electron chi connectivity index (χ4n) is 1.29. The number of rotatable bonds is 3. The average Bonchev–Trinajstić information content (AvgIpc) is 2.15. The Morgan fingerprint density at radius 3 is 2.71 bits per heavy atom. The molecule has 2 nitrogen and oxygen atoms in total. The first-order chi connectivity index (χ1) is 6.60. The number of hydrogen-bond acceptors (Lipinski definition) is 2. The summed E-state index contributed by atoms with van der Waals surface area (Å²) in [6.07, 6.45) is 0.705. The molecule has 1 atom stereocenters. The molecule has 0 unspecified atom stereocenters. The second-order valence-electron chi connectivity index (χ2n) is 3.02. The van der Waals surface area contributed by atoms with Crippen LogP contribution in [0.1, 0.15) is 24.9 Å². The van der Waals surface area contributed by atoms with Crippen LogP contribution in [-0.4, -0.2) is 7.11 Å². The molecule has 1 aromatic carbocycles. The van der Waals surface area contributed by atoms with E-state index in [0.29, 0.717) is 17.7 Å². The van der Waals surface area contributed by atoms with Gasteiger partial charge in [-0.2, -0.15) is 0 Å². The zero-order chi connectivity index (χ0) is 10.7. The summed E-state index contributed by atoms with van der Waals surface area (Å²) in [7, 11) is 1.49. The van der Waals surface area contributed by atoms with Crippen molar-refractivity contribution in [2.75, 3.05) is 7.11 Å². The Morgan fingerprint density at radius 2 is 2.21 bits per heavy atom. The maximum Gasteiger partial charge on any atom is 0.142 e. The highest BCUT2D eigenvalue weighted by atomic mass is 35.5. The number of methoxy groups -OCH3 is 1. The molecule has 0 aliphatic rings. The van der Waals surface area contributed by atoms with Crippen LogP contribution in [0.2, 0.25) is 5.02 Å². The SMILES string of the molecule is CC[C@@H](N)c1cc(F)cc(Cl)c1OC. The van der Waals surface area contributed by atoms with Crippen molar-refractivity contribution in [3.63, 3.8) is 0 Å². The molecule has 0 spiro atoms. The van der Waals surface area contributed by atoms with Gasteiger partial charge in [0.2, 0.25) is 0 Å². The molecule has 0 saturated heterocycles. The van der Waals surface area contributed by atoms with Crippen LogP contribution in [-0.2, 0) is 0 Å². The molecule has 0 aliphatic heterocycles. The van der Waals surface area contributed by atoms with Crippen molar-refractivity contribution in [2.24, 2.45) is 5.73 Å². The predicted molar refractivity (Wildman–Crippen MR) is 55.2 cm³/mol. The number of ether oxygens (including phenoxy) is 1. The van der Waals surface area contributed by atoms with Crippen molar-refractivity contribution in [2.45, 2.75) is 19.4 Å². The standard InChI is InChI=1S/C10H13ClFNO/c1-3-9(13)7-4-6(12)5-8(11)10(7)14-2/h4-5,9H,3,13H2,1-2H3/t9-/m1/s1. The molecule has 78 valence electrons. The second-order valence-corrected chi connectivity index (χ2v) is 3.43. The molecule has 4 heteroatoms. The average molecular weight is 218 g/mol. The zero-order valence-corrected chi connectivity index (χ0v) is 8.94. The Morgan fingerprint density at radius 1 is 1.57 bits per heavy atom. The Balaban J connectivity index is 3.24. The second kappa shape index (κ2) is 4.62. The molecule has 1 rings (SSSR count). The lowest BCUT2D eigenvalue weighted by atomic mass is 10.0. The van der Waals surface area contributed by atoms with Crippen molar-refractivity contribution in [3.05, 3.63) is 28.5 Å². The van der Waals surface area contributed by atoms with Crippen molar-refractivity contribution < 1.29 is 9.13 Å². The molecule has 0 heterocycles. The molecule has 1 aromatic rings. The largest absolute Gasteiger partial charge is 0.495 e. The van der Waals surface area contributed by atoms with Crippen LogP contribution in [0.3, 0.4) is 0 Å². The van der Waals surface area contributed by atoms with Crippen molar-refractivity contribution in [1.29, 1.82) is 0 Å². The topological polar surface area (TPSA) is 35.2 Å². The third-order valence-corrected chi connectivity index (χ3v) is 2.36. The van der Waals surface area contributed by atoms with E-state index in [4.69, 9.17) is 22.1 Å². The van der Waals surface area contributed by atoms with E-state index >= 15 is 0 Å². The van der Waals surface area contributed by atoms with Crippen LogP contribution < -0.4 is 10.5 Å². The lowest BCUT2D eigenvalue weighted by molar-refractivity contribution is 0.403. The van der Waals surface area contributed by atoms with E-state index in [2.05, 4.69) is 0 Å². The highest BCUT2D eigenvalue weighted by Gasteiger charge is 2.15. The minimum absolute atomic E-state index is 0.252. The quantitative estimate of drug-likeness (QED) is 0.845. The number of nitrogens with two attached hydrogens (primary N) is 1. The smallest absolute Gasteiger partial charge is 0.142 e. The molecule has 0 aromatic heterocycles. The summed E-state index contributed by atoms with van der Waals surface area (Å²) in [6, 6.07) is 2.32. The summed E-state index contributed by atoms with van der Waals surface area (Å²) in [4.78, 5) is 0. The summed E-state index contributed by atoms with van der Waals surface area (Å²) in [5, 5.41) is 0.256. The third kappa shape index (κ3) is 2.16. The molecule has 0 aliphatic carbocycles. The summed E-state index contributed by atoms with van der Waals surface area (Å²) in [5.74, 6) is 0.0668. The van der Waals surface area contributed by atoms with Gasteiger partial charge in [-0.15, -0.1) is 0 Å². The van der Waals surface area contributed by atoms with Crippen molar-refractivity contribution >= 4 is 11.6 Å². The minimum Gasteiger partial charge on any atom is -0.495 e. The Bertz CT molecular complexity index is 330. The van der Waals surface area contributed by atoms with E-state index in [0.717, 1.165) is 0 Å². The van der Waals surface area contributed by atoms with Crippen LogP contribution in [0.4, 0.5) is 4.39 Å². The van der Waals surface area contributed by atoms with Crippen molar-refractivity contribution in [3.8, 4) is 5.75 Å².